The van der Waals surface area contributed by atoms with Gasteiger partial charge in [-0.15, -0.1) is 0 Å². The molecule has 6 heteroatoms. The van der Waals surface area contributed by atoms with Gasteiger partial charge in [0.15, 0.2) is 0 Å². The van der Waals surface area contributed by atoms with Crippen LogP contribution in [0.15, 0.2) is 77.7 Å². The molecule has 0 spiro atoms. The Bertz CT molecular complexity index is 848. The summed E-state index contributed by atoms with van der Waals surface area (Å²) in [5.74, 6) is 0.560. The van der Waals surface area contributed by atoms with Gasteiger partial charge in [0.2, 0.25) is 10.0 Å². The normalized spacial score (nSPS) is 11.7. The van der Waals surface area contributed by atoms with Crippen LogP contribution in [-0.2, 0) is 28.9 Å². The molecule has 0 aliphatic rings. The fourth-order valence-electron chi connectivity index (χ4n) is 2.40. The first-order valence-corrected chi connectivity index (χ1v) is 9.17. The number of benzene rings is 1. The van der Waals surface area contributed by atoms with Crippen molar-refractivity contribution in [1.82, 2.24) is 9.29 Å². The molecular weight excluding hydrogens is 324 g/mol. The summed E-state index contributed by atoms with van der Waals surface area (Å²) in [7, 11) is -3.50. The van der Waals surface area contributed by atoms with E-state index in [-0.39, 0.29) is 18.8 Å². The van der Waals surface area contributed by atoms with E-state index in [2.05, 4.69) is 4.98 Å². The minimum Gasteiger partial charge on any atom is -0.468 e. The smallest absolute Gasteiger partial charge is 0.219 e. The third kappa shape index (κ3) is 4.31. The van der Waals surface area contributed by atoms with Crippen LogP contribution < -0.4 is 0 Å². The van der Waals surface area contributed by atoms with E-state index in [1.807, 2.05) is 36.4 Å². The van der Waals surface area contributed by atoms with Crippen molar-refractivity contribution in [3.63, 3.8) is 0 Å². The quantitative estimate of drug-likeness (QED) is 0.661. The van der Waals surface area contributed by atoms with Crippen LogP contribution in [0.5, 0.6) is 0 Å². The molecule has 2 heterocycles. The highest BCUT2D eigenvalue weighted by Gasteiger charge is 2.24. The van der Waals surface area contributed by atoms with Gasteiger partial charge in [0.25, 0.3) is 0 Å². The SMILES string of the molecule is O=S(=O)(Cc1ccccc1)N(Cc1cccnc1)Cc1ccco1. The topological polar surface area (TPSA) is 63.4 Å². The van der Waals surface area contributed by atoms with E-state index in [1.54, 1.807) is 36.9 Å². The van der Waals surface area contributed by atoms with Crippen LogP contribution in [0.3, 0.4) is 0 Å². The molecule has 0 N–H and O–H groups in total. The maximum absolute atomic E-state index is 12.9. The molecule has 3 aromatic rings. The summed E-state index contributed by atoms with van der Waals surface area (Å²) in [5.41, 5.74) is 1.59. The van der Waals surface area contributed by atoms with Crippen LogP contribution in [0.1, 0.15) is 16.9 Å². The number of hydrogen-bond donors (Lipinski definition) is 0. The van der Waals surface area contributed by atoms with Crippen molar-refractivity contribution in [3.8, 4) is 0 Å². The zero-order chi connectivity index (χ0) is 16.8. The van der Waals surface area contributed by atoms with Gasteiger partial charge in [-0.1, -0.05) is 36.4 Å². The summed E-state index contributed by atoms with van der Waals surface area (Å²) in [4.78, 5) is 4.06. The van der Waals surface area contributed by atoms with Crippen molar-refractivity contribution < 1.29 is 12.8 Å². The molecule has 0 aliphatic heterocycles. The molecule has 1 aromatic carbocycles. The first-order valence-electron chi connectivity index (χ1n) is 7.56. The molecular formula is C18H18N2O3S. The molecule has 0 amide bonds. The molecule has 0 atom stereocenters. The largest absolute Gasteiger partial charge is 0.468 e. The van der Waals surface area contributed by atoms with Gasteiger partial charge in [0.05, 0.1) is 18.6 Å². The molecule has 0 saturated heterocycles. The molecule has 0 unspecified atom stereocenters. The van der Waals surface area contributed by atoms with Gasteiger partial charge >= 0.3 is 0 Å². The molecule has 0 radical (unpaired) electrons. The van der Waals surface area contributed by atoms with Crippen LogP contribution >= 0.6 is 0 Å². The van der Waals surface area contributed by atoms with Crippen LogP contribution in [0, 0.1) is 0 Å². The highest BCUT2D eigenvalue weighted by Crippen LogP contribution is 2.18. The second-order valence-corrected chi connectivity index (χ2v) is 7.42. The van der Waals surface area contributed by atoms with Gasteiger partial charge in [-0.25, -0.2) is 8.42 Å². The maximum Gasteiger partial charge on any atom is 0.219 e. The predicted molar refractivity (Wildman–Crippen MR) is 91.3 cm³/mol. The Balaban J connectivity index is 1.85. The maximum atomic E-state index is 12.9. The summed E-state index contributed by atoms with van der Waals surface area (Å²) in [6, 6.07) is 16.3. The van der Waals surface area contributed by atoms with Gasteiger partial charge in [-0.2, -0.15) is 4.31 Å². The van der Waals surface area contributed by atoms with E-state index in [0.29, 0.717) is 5.76 Å². The molecule has 0 saturated carbocycles. The highest BCUT2D eigenvalue weighted by atomic mass is 32.2. The average molecular weight is 342 g/mol. The molecule has 5 nitrogen and oxygen atoms in total. The fraction of sp³-hybridized carbons (Fsp3) is 0.167. The lowest BCUT2D eigenvalue weighted by atomic mass is 10.2. The summed E-state index contributed by atoms with van der Waals surface area (Å²) in [6.45, 7) is 0.445. The molecule has 0 fully saturated rings. The van der Waals surface area contributed by atoms with Crippen LogP contribution in [-0.4, -0.2) is 17.7 Å². The minimum absolute atomic E-state index is 0.0468. The van der Waals surface area contributed by atoms with Crippen LogP contribution in [0.25, 0.3) is 0 Å². The Kier molecular flexibility index (Phi) is 5.08. The zero-order valence-electron chi connectivity index (χ0n) is 13.1. The molecule has 0 bridgehead atoms. The number of nitrogens with zero attached hydrogens (tertiary/aromatic N) is 2. The molecule has 2 aromatic heterocycles. The van der Waals surface area contributed by atoms with Crippen molar-refractivity contribution in [2.24, 2.45) is 0 Å². The number of sulfonamides is 1. The Hall–Kier alpha value is -2.44. The fourth-order valence-corrected chi connectivity index (χ4v) is 3.87. The average Bonchev–Trinajstić information content (AvgIpc) is 3.09. The van der Waals surface area contributed by atoms with Crippen molar-refractivity contribution in [1.29, 1.82) is 0 Å². The number of pyridine rings is 1. The second kappa shape index (κ2) is 7.42. The van der Waals surface area contributed by atoms with Crippen LogP contribution in [0.2, 0.25) is 0 Å². The number of furan rings is 1. The standard InChI is InChI=1S/C18H18N2O3S/c21-24(22,15-16-6-2-1-3-7-16)20(14-18-9-5-11-23-18)13-17-8-4-10-19-12-17/h1-12H,13-15H2. The molecule has 0 aliphatic carbocycles. The van der Waals surface area contributed by atoms with Gasteiger partial charge < -0.3 is 4.42 Å². The summed E-state index contributed by atoms with van der Waals surface area (Å²) in [5, 5.41) is 0. The Labute approximate surface area is 141 Å². The van der Waals surface area contributed by atoms with Crippen molar-refractivity contribution >= 4 is 10.0 Å². The molecule has 124 valence electrons. The first-order chi connectivity index (χ1) is 11.6. The van der Waals surface area contributed by atoms with Crippen molar-refractivity contribution in [2.45, 2.75) is 18.8 Å². The summed E-state index contributed by atoms with van der Waals surface area (Å²) in [6.07, 6.45) is 4.88. The third-order valence-electron chi connectivity index (χ3n) is 3.58. The highest BCUT2D eigenvalue weighted by molar-refractivity contribution is 7.88. The second-order valence-electron chi connectivity index (χ2n) is 5.45. The zero-order valence-corrected chi connectivity index (χ0v) is 13.9. The van der Waals surface area contributed by atoms with E-state index in [4.69, 9.17) is 4.42 Å². The van der Waals surface area contributed by atoms with E-state index in [0.717, 1.165) is 11.1 Å². The molecule has 3 rings (SSSR count). The van der Waals surface area contributed by atoms with Gasteiger partial charge in [0, 0.05) is 18.9 Å². The Morgan fingerprint density at radius 2 is 1.71 bits per heavy atom. The Morgan fingerprint density at radius 1 is 0.917 bits per heavy atom. The summed E-state index contributed by atoms with van der Waals surface area (Å²) >= 11 is 0. The third-order valence-corrected chi connectivity index (χ3v) is 5.32. The van der Waals surface area contributed by atoms with Gasteiger partial charge in [-0.3, -0.25) is 4.98 Å². The lowest BCUT2D eigenvalue weighted by Crippen LogP contribution is -2.31. The van der Waals surface area contributed by atoms with E-state index < -0.39 is 10.0 Å². The van der Waals surface area contributed by atoms with E-state index in [9.17, 15) is 8.42 Å². The summed E-state index contributed by atoms with van der Waals surface area (Å²) < 4.78 is 32.5. The van der Waals surface area contributed by atoms with Crippen molar-refractivity contribution in [2.75, 3.05) is 0 Å². The van der Waals surface area contributed by atoms with Gasteiger partial charge in [0.1, 0.15) is 5.76 Å². The lowest BCUT2D eigenvalue weighted by molar-refractivity contribution is 0.358. The predicted octanol–water partition coefficient (Wildman–Crippen LogP) is 3.21. The van der Waals surface area contributed by atoms with E-state index in [1.165, 1.54) is 4.31 Å². The minimum atomic E-state index is -3.50. The van der Waals surface area contributed by atoms with Crippen LogP contribution in [0.4, 0.5) is 0 Å². The lowest BCUT2D eigenvalue weighted by Gasteiger charge is -2.21. The first kappa shape index (κ1) is 16.4. The monoisotopic (exact) mass is 342 g/mol. The van der Waals surface area contributed by atoms with E-state index >= 15 is 0 Å². The number of aromatic nitrogens is 1. The molecule has 24 heavy (non-hydrogen) atoms. The van der Waals surface area contributed by atoms with Crippen molar-refractivity contribution in [3.05, 3.63) is 90.1 Å². The van der Waals surface area contributed by atoms with Gasteiger partial charge in [-0.05, 0) is 29.3 Å². The number of rotatable bonds is 7. The number of hydrogen-bond acceptors (Lipinski definition) is 4. The Morgan fingerprint density at radius 3 is 2.38 bits per heavy atom.